The first-order chi connectivity index (χ1) is 11.3. The van der Waals surface area contributed by atoms with Crippen LogP contribution in [0.5, 0.6) is 0 Å². The lowest BCUT2D eigenvalue weighted by Crippen LogP contribution is -2.42. The van der Waals surface area contributed by atoms with Gasteiger partial charge in [-0.1, -0.05) is 31.4 Å². The normalized spacial score (nSPS) is 18.5. The minimum absolute atomic E-state index is 0.0692. The summed E-state index contributed by atoms with van der Waals surface area (Å²) in [6, 6.07) is 6.42. The minimum Gasteiger partial charge on any atom is -0.387 e. The molecule has 0 saturated heterocycles. The van der Waals surface area contributed by atoms with E-state index < -0.39 is 29.2 Å². The average molecular weight is 340 g/mol. The van der Waals surface area contributed by atoms with Crippen molar-refractivity contribution in [3.63, 3.8) is 0 Å². The highest BCUT2D eigenvalue weighted by Gasteiger charge is 2.39. The smallest absolute Gasteiger partial charge is 0.387 e. The molecule has 1 amide bonds. The Bertz CT molecular complexity index is 631. The number of nitrogens with zero attached hydrogens (tertiary/aromatic N) is 1. The zero-order chi connectivity index (χ0) is 17.8. The van der Waals surface area contributed by atoms with E-state index in [1.807, 2.05) is 0 Å². The number of nitrogens with one attached hydrogen (secondary N) is 1. The number of rotatable bonds is 4. The van der Waals surface area contributed by atoms with Crippen molar-refractivity contribution in [3.8, 4) is 6.07 Å². The van der Waals surface area contributed by atoms with Crippen LogP contribution in [0.2, 0.25) is 0 Å². The van der Waals surface area contributed by atoms with Crippen molar-refractivity contribution in [2.24, 2.45) is 5.41 Å². The third-order valence-electron chi connectivity index (χ3n) is 4.41. The van der Waals surface area contributed by atoms with E-state index in [-0.39, 0.29) is 12.1 Å². The predicted octanol–water partition coefficient (Wildman–Crippen LogP) is 3.33. The van der Waals surface area contributed by atoms with Gasteiger partial charge in [0, 0.05) is 6.54 Å². The average Bonchev–Trinajstić information content (AvgIpc) is 2.59. The fourth-order valence-corrected chi connectivity index (χ4v) is 2.94. The lowest BCUT2D eigenvalue weighted by atomic mass is 9.74. The summed E-state index contributed by atoms with van der Waals surface area (Å²) in [6.07, 6.45) is -2.27. The van der Waals surface area contributed by atoms with Crippen LogP contribution in [-0.2, 0) is 11.0 Å². The van der Waals surface area contributed by atoms with Gasteiger partial charge in [-0.2, -0.15) is 18.4 Å². The second kappa shape index (κ2) is 7.22. The molecule has 0 aliphatic heterocycles. The van der Waals surface area contributed by atoms with Crippen LogP contribution in [-0.4, -0.2) is 17.6 Å². The van der Waals surface area contributed by atoms with Crippen LogP contribution >= 0.6 is 0 Å². The van der Waals surface area contributed by atoms with Crippen molar-refractivity contribution in [3.05, 3.63) is 35.4 Å². The molecule has 0 aromatic heterocycles. The summed E-state index contributed by atoms with van der Waals surface area (Å²) in [6.45, 7) is -0.233. The first kappa shape index (κ1) is 18.3. The molecule has 7 heteroatoms. The van der Waals surface area contributed by atoms with E-state index in [4.69, 9.17) is 0 Å². The quantitative estimate of drug-likeness (QED) is 0.883. The number of hydrogen-bond donors (Lipinski definition) is 2. The molecule has 2 rings (SSSR count). The van der Waals surface area contributed by atoms with Crippen molar-refractivity contribution in [1.82, 2.24) is 5.32 Å². The molecule has 1 unspecified atom stereocenters. The SMILES string of the molecule is N#CC1(C(=O)NCC(O)c2cccc(C(F)(F)F)c2)CCCCC1. The molecule has 130 valence electrons. The third-order valence-corrected chi connectivity index (χ3v) is 4.41. The maximum Gasteiger partial charge on any atom is 0.416 e. The molecule has 0 bridgehead atoms. The number of carbonyl (C=O) groups is 1. The molecule has 2 N–H and O–H groups in total. The molecular formula is C17H19F3N2O2. The van der Waals surface area contributed by atoms with Gasteiger partial charge in [-0.3, -0.25) is 4.79 Å². The highest BCUT2D eigenvalue weighted by molar-refractivity contribution is 5.85. The predicted molar refractivity (Wildman–Crippen MR) is 80.5 cm³/mol. The molecular weight excluding hydrogens is 321 g/mol. The molecule has 1 saturated carbocycles. The summed E-state index contributed by atoms with van der Waals surface area (Å²) in [5.41, 5.74) is -1.88. The van der Waals surface area contributed by atoms with E-state index in [1.54, 1.807) is 0 Å². The summed E-state index contributed by atoms with van der Waals surface area (Å²) in [7, 11) is 0. The number of alkyl halides is 3. The van der Waals surface area contributed by atoms with Gasteiger partial charge in [-0.05, 0) is 30.5 Å². The zero-order valence-electron chi connectivity index (χ0n) is 13.1. The van der Waals surface area contributed by atoms with Crippen LogP contribution in [0.1, 0.15) is 49.3 Å². The Morgan fingerprint density at radius 1 is 1.33 bits per heavy atom. The molecule has 1 atom stereocenters. The number of amides is 1. The molecule has 1 aliphatic rings. The first-order valence-corrected chi connectivity index (χ1v) is 7.83. The van der Waals surface area contributed by atoms with Crippen molar-refractivity contribution >= 4 is 5.91 Å². The van der Waals surface area contributed by atoms with Gasteiger partial charge in [-0.15, -0.1) is 0 Å². The standard InChI is InChI=1S/C17H19F3N2O2/c18-17(19,20)13-6-4-5-12(9-13)14(23)10-22-15(24)16(11-21)7-2-1-3-8-16/h4-6,9,14,23H,1-3,7-8,10H2,(H,22,24). The number of nitriles is 1. The lowest BCUT2D eigenvalue weighted by molar-refractivity contribution is -0.137. The molecule has 0 heterocycles. The van der Waals surface area contributed by atoms with Crippen LogP contribution in [0.25, 0.3) is 0 Å². The number of aliphatic hydroxyl groups is 1. The van der Waals surface area contributed by atoms with E-state index in [2.05, 4.69) is 11.4 Å². The second-order valence-electron chi connectivity index (χ2n) is 6.10. The maximum atomic E-state index is 12.7. The van der Waals surface area contributed by atoms with Gasteiger partial charge in [0.05, 0.1) is 17.7 Å². The van der Waals surface area contributed by atoms with Crippen LogP contribution in [0.15, 0.2) is 24.3 Å². The summed E-state index contributed by atoms with van der Waals surface area (Å²) in [4.78, 5) is 12.3. The largest absolute Gasteiger partial charge is 0.416 e. The zero-order valence-corrected chi connectivity index (χ0v) is 13.1. The lowest BCUT2D eigenvalue weighted by Gasteiger charge is -2.29. The third kappa shape index (κ3) is 4.06. The Morgan fingerprint density at radius 2 is 2.00 bits per heavy atom. The molecule has 1 fully saturated rings. The van der Waals surface area contributed by atoms with Gasteiger partial charge in [0.1, 0.15) is 5.41 Å². The summed E-state index contributed by atoms with van der Waals surface area (Å²) >= 11 is 0. The Balaban J connectivity index is 2.01. The number of benzene rings is 1. The highest BCUT2D eigenvalue weighted by atomic mass is 19.4. The topological polar surface area (TPSA) is 73.1 Å². The molecule has 0 radical (unpaired) electrons. The molecule has 1 aromatic rings. The summed E-state index contributed by atoms with van der Waals surface area (Å²) in [5, 5.41) is 21.9. The molecule has 0 spiro atoms. The Hall–Kier alpha value is -2.07. The number of hydrogen-bond acceptors (Lipinski definition) is 3. The van der Waals surface area contributed by atoms with Crippen LogP contribution in [0.4, 0.5) is 13.2 Å². The van der Waals surface area contributed by atoms with E-state index in [0.29, 0.717) is 12.8 Å². The van der Waals surface area contributed by atoms with Crippen LogP contribution < -0.4 is 5.32 Å². The van der Waals surface area contributed by atoms with Crippen LogP contribution in [0, 0.1) is 16.7 Å². The van der Waals surface area contributed by atoms with Gasteiger partial charge < -0.3 is 10.4 Å². The van der Waals surface area contributed by atoms with E-state index in [0.717, 1.165) is 31.4 Å². The minimum atomic E-state index is -4.49. The maximum absolute atomic E-state index is 12.7. The van der Waals surface area contributed by atoms with E-state index >= 15 is 0 Å². The summed E-state index contributed by atoms with van der Waals surface area (Å²) < 4.78 is 38.1. The highest BCUT2D eigenvalue weighted by Crippen LogP contribution is 2.36. The van der Waals surface area contributed by atoms with Gasteiger partial charge >= 0.3 is 6.18 Å². The van der Waals surface area contributed by atoms with Crippen molar-refractivity contribution < 1.29 is 23.1 Å². The Morgan fingerprint density at radius 3 is 2.58 bits per heavy atom. The molecule has 4 nitrogen and oxygen atoms in total. The number of halogens is 3. The van der Waals surface area contributed by atoms with Gasteiger partial charge in [0.15, 0.2) is 0 Å². The second-order valence-corrected chi connectivity index (χ2v) is 6.10. The fourth-order valence-electron chi connectivity index (χ4n) is 2.94. The molecule has 1 aromatic carbocycles. The van der Waals surface area contributed by atoms with Gasteiger partial charge in [0.25, 0.3) is 0 Å². The van der Waals surface area contributed by atoms with E-state index in [9.17, 15) is 28.3 Å². The molecule has 24 heavy (non-hydrogen) atoms. The number of aliphatic hydroxyl groups excluding tert-OH is 1. The summed E-state index contributed by atoms with van der Waals surface area (Å²) in [5.74, 6) is -0.462. The first-order valence-electron chi connectivity index (χ1n) is 7.83. The monoisotopic (exact) mass is 340 g/mol. The van der Waals surface area contributed by atoms with Crippen molar-refractivity contribution in [2.45, 2.75) is 44.4 Å². The Kier molecular flexibility index (Phi) is 5.50. The van der Waals surface area contributed by atoms with Crippen molar-refractivity contribution in [2.75, 3.05) is 6.54 Å². The van der Waals surface area contributed by atoms with Gasteiger partial charge in [-0.25, -0.2) is 0 Å². The Labute approximate surface area is 138 Å². The van der Waals surface area contributed by atoms with Crippen LogP contribution in [0.3, 0.4) is 0 Å². The van der Waals surface area contributed by atoms with Crippen molar-refractivity contribution in [1.29, 1.82) is 5.26 Å². The van der Waals surface area contributed by atoms with E-state index in [1.165, 1.54) is 12.1 Å². The fraction of sp³-hybridized carbons (Fsp3) is 0.529. The number of carbonyl (C=O) groups excluding carboxylic acids is 1. The molecule has 1 aliphatic carbocycles. The van der Waals surface area contributed by atoms with Gasteiger partial charge in [0.2, 0.25) is 5.91 Å².